The van der Waals surface area contributed by atoms with Crippen molar-refractivity contribution in [3.05, 3.63) is 78.4 Å². The van der Waals surface area contributed by atoms with Crippen LogP contribution in [0.25, 0.3) is 27.7 Å². The molecular formula is C23H24N4O2. The number of H-pyrrole nitrogens is 1. The van der Waals surface area contributed by atoms with E-state index in [1.165, 1.54) is 0 Å². The molecule has 0 aliphatic rings. The van der Waals surface area contributed by atoms with Crippen molar-refractivity contribution in [3.63, 3.8) is 0 Å². The van der Waals surface area contributed by atoms with Crippen LogP contribution in [0.15, 0.2) is 67.1 Å². The van der Waals surface area contributed by atoms with Crippen molar-refractivity contribution in [2.75, 3.05) is 13.7 Å². The summed E-state index contributed by atoms with van der Waals surface area (Å²) in [5.41, 5.74) is 4.79. The topological polar surface area (TPSA) is 79.9 Å². The number of hydrogen-bond acceptors (Lipinski definition) is 4. The third kappa shape index (κ3) is 4.11. The standard InChI is InChI=1S/C23H24N4O2/c1-5-8-18(20(6-2)29-4)21-19-13-17(14-25-22(19)27-26-21)15-9-11-16(12-10-15)23(28)24-7-3/h5-6,8-14H,1,7H2,2-4H3,(H,24,28)(H,25,26,27)/b18-8+,20-6+. The van der Waals surface area contributed by atoms with Gasteiger partial charge in [-0.15, -0.1) is 0 Å². The summed E-state index contributed by atoms with van der Waals surface area (Å²) in [5, 5.41) is 11.1. The molecule has 6 nitrogen and oxygen atoms in total. The van der Waals surface area contributed by atoms with Gasteiger partial charge in [-0.25, -0.2) is 4.98 Å². The van der Waals surface area contributed by atoms with Crippen LogP contribution in [-0.4, -0.2) is 34.7 Å². The highest BCUT2D eigenvalue weighted by Crippen LogP contribution is 2.30. The lowest BCUT2D eigenvalue weighted by atomic mass is 10.0. The zero-order valence-corrected chi connectivity index (χ0v) is 16.8. The summed E-state index contributed by atoms with van der Waals surface area (Å²) >= 11 is 0. The molecule has 0 atom stereocenters. The van der Waals surface area contributed by atoms with Crippen LogP contribution < -0.4 is 5.32 Å². The number of fused-ring (bicyclic) bond motifs is 1. The van der Waals surface area contributed by atoms with Gasteiger partial charge in [-0.05, 0) is 49.8 Å². The maximum atomic E-state index is 12.0. The van der Waals surface area contributed by atoms with Crippen LogP contribution in [-0.2, 0) is 4.74 Å². The number of nitrogens with zero attached hydrogens (tertiary/aromatic N) is 2. The number of aromatic amines is 1. The molecule has 0 radical (unpaired) electrons. The Labute approximate surface area is 170 Å². The third-order valence-electron chi connectivity index (χ3n) is 4.53. The molecule has 0 fully saturated rings. The first-order valence-electron chi connectivity index (χ1n) is 9.39. The molecule has 6 heteroatoms. The number of methoxy groups -OCH3 is 1. The van der Waals surface area contributed by atoms with Gasteiger partial charge < -0.3 is 10.1 Å². The number of carbonyl (C=O) groups excluding carboxylic acids is 1. The fraction of sp³-hybridized carbons (Fsp3) is 0.174. The van der Waals surface area contributed by atoms with E-state index in [0.717, 1.165) is 27.8 Å². The summed E-state index contributed by atoms with van der Waals surface area (Å²) in [6.07, 6.45) is 7.25. The van der Waals surface area contributed by atoms with E-state index >= 15 is 0 Å². The van der Waals surface area contributed by atoms with E-state index in [4.69, 9.17) is 4.74 Å². The average Bonchev–Trinajstić information content (AvgIpc) is 3.17. The predicted octanol–water partition coefficient (Wildman–Crippen LogP) is 4.49. The Morgan fingerprint density at radius 1 is 1.28 bits per heavy atom. The third-order valence-corrected chi connectivity index (χ3v) is 4.53. The molecule has 3 aromatic rings. The van der Waals surface area contributed by atoms with Crippen LogP contribution in [0, 0.1) is 0 Å². The molecule has 0 aliphatic carbocycles. The van der Waals surface area contributed by atoms with Gasteiger partial charge in [-0.1, -0.05) is 24.8 Å². The fourth-order valence-electron chi connectivity index (χ4n) is 3.13. The largest absolute Gasteiger partial charge is 0.496 e. The van der Waals surface area contributed by atoms with Crippen LogP contribution in [0.1, 0.15) is 29.9 Å². The molecule has 29 heavy (non-hydrogen) atoms. The van der Waals surface area contributed by atoms with Gasteiger partial charge in [0.15, 0.2) is 5.65 Å². The molecule has 3 rings (SSSR count). The Hall–Kier alpha value is -3.67. The average molecular weight is 388 g/mol. The second-order valence-electron chi connectivity index (χ2n) is 6.30. The maximum absolute atomic E-state index is 12.0. The second kappa shape index (κ2) is 9.01. The number of carbonyl (C=O) groups is 1. The summed E-state index contributed by atoms with van der Waals surface area (Å²) < 4.78 is 5.50. The predicted molar refractivity (Wildman–Crippen MR) is 116 cm³/mol. The number of hydrogen-bond donors (Lipinski definition) is 2. The number of ether oxygens (including phenoxy) is 1. The van der Waals surface area contributed by atoms with Crippen LogP contribution in [0.2, 0.25) is 0 Å². The zero-order valence-electron chi connectivity index (χ0n) is 16.8. The van der Waals surface area contributed by atoms with E-state index in [1.807, 2.05) is 56.3 Å². The van der Waals surface area contributed by atoms with Crippen LogP contribution in [0.4, 0.5) is 0 Å². The van der Waals surface area contributed by atoms with Gasteiger partial charge in [0.2, 0.25) is 0 Å². The molecular weight excluding hydrogens is 364 g/mol. The van der Waals surface area contributed by atoms with Crippen LogP contribution in [0.5, 0.6) is 0 Å². The Kier molecular flexibility index (Phi) is 6.24. The van der Waals surface area contributed by atoms with E-state index in [9.17, 15) is 4.79 Å². The monoisotopic (exact) mass is 388 g/mol. The van der Waals surface area contributed by atoms with Crippen molar-refractivity contribution < 1.29 is 9.53 Å². The second-order valence-corrected chi connectivity index (χ2v) is 6.30. The number of benzene rings is 1. The lowest BCUT2D eigenvalue weighted by molar-refractivity contribution is 0.0956. The maximum Gasteiger partial charge on any atom is 0.251 e. The van der Waals surface area contributed by atoms with Crippen LogP contribution >= 0.6 is 0 Å². The number of rotatable bonds is 7. The normalized spacial score (nSPS) is 12.1. The van der Waals surface area contributed by atoms with Crippen molar-refractivity contribution in [1.29, 1.82) is 0 Å². The molecule has 2 heterocycles. The summed E-state index contributed by atoms with van der Waals surface area (Å²) in [6, 6.07) is 9.49. The van der Waals surface area contributed by atoms with Crippen molar-refractivity contribution in [2.45, 2.75) is 13.8 Å². The number of nitrogens with one attached hydrogen (secondary N) is 2. The quantitative estimate of drug-likeness (QED) is 0.461. The Balaban J connectivity index is 2.04. The Bertz CT molecular complexity index is 1090. The molecule has 0 spiro atoms. The summed E-state index contributed by atoms with van der Waals surface area (Å²) in [5.74, 6) is 0.634. The van der Waals surface area contributed by atoms with Crippen LogP contribution in [0.3, 0.4) is 0 Å². The summed E-state index contributed by atoms with van der Waals surface area (Å²) in [4.78, 5) is 16.5. The number of pyridine rings is 1. The first-order chi connectivity index (χ1) is 14.1. The SMILES string of the molecule is C=C/C=C(\C(=C/C)OC)c1[nH]nc2ncc(-c3ccc(C(=O)NCC)cc3)cc12. The zero-order chi connectivity index (χ0) is 20.8. The molecule has 148 valence electrons. The first-order valence-corrected chi connectivity index (χ1v) is 9.39. The van der Waals surface area contributed by atoms with Gasteiger partial charge in [-0.3, -0.25) is 9.89 Å². The van der Waals surface area contributed by atoms with Crippen molar-refractivity contribution in [3.8, 4) is 11.1 Å². The molecule has 0 saturated heterocycles. The van der Waals surface area contributed by atoms with Gasteiger partial charge in [0, 0.05) is 34.8 Å². The number of aromatic nitrogens is 3. The highest BCUT2D eigenvalue weighted by atomic mass is 16.5. The molecule has 2 N–H and O–H groups in total. The van der Waals surface area contributed by atoms with Gasteiger partial charge in [0.05, 0.1) is 12.8 Å². The van der Waals surface area contributed by atoms with Crippen molar-refractivity contribution in [2.24, 2.45) is 0 Å². The Morgan fingerprint density at radius 2 is 2.03 bits per heavy atom. The summed E-state index contributed by atoms with van der Waals surface area (Å²) in [7, 11) is 1.63. The van der Waals surface area contributed by atoms with Gasteiger partial charge in [0.1, 0.15) is 5.76 Å². The highest BCUT2D eigenvalue weighted by molar-refractivity contribution is 5.96. The van der Waals surface area contributed by atoms with E-state index < -0.39 is 0 Å². The minimum atomic E-state index is -0.0811. The van der Waals surface area contributed by atoms with Gasteiger partial charge in [0.25, 0.3) is 5.91 Å². The first kappa shape index (κ1) is 20.1. The van der Waals surface area contributed by atoms with Crippen molar-refractivity contribution in [1.82, 2.24) is 20.5 Å². The van der Waals surface area contributed by atoms with Gasteiger partial charge in [-0.2, -0.15) is 5.10 Å². The molecule has 0 saturated carbocycles. The molecule has 0 bridgehead atoms. The lowest BCUT2D eigenvalue weighted by Gasteiger charge is -2.09. The Morgan fingerprint density at radius 3 is 2.66 bits per heavy atom. The fourth-order valence-corrected chi connectivity index (χ4v) is 3.13. The number of amides is 1. The minimum absolute atomic E-state index is 0.0811. The number of allylic oxidation sites excluding steroid dienone is 4. The molecule has 0 unspecified atom stereocenters. The van der Waals surface area contributed by atoms with E-state index in [0.29, 0.717) is 23.5 Å². The van der Waals surface area contributed by atoms with E-state index in [2.05, 4.69) is 27.1 Å². The van der Waals surface area contributed by atoms with E-state index in [1.54, 1.807) is 19.4 Å². The summed E-state index contributed by atoms with van der Waals surface area (Å²) in [6.45, 7) is 8.21. The molecule has 2 aromatic heterocycles. The molecule has 1 aromatic carbocycles. The van der Waals surface area contributed by atoms with Crippen molar-refractivity contribution >= 4 is 22.5 Å². The molecule has 1 amide bonds. The van der Waals surface area contributed by atoms with E-state index in [-0.39, 0.29) is 5.91 Å². The minimum Gasteiger partial charge on any atom is -0.496 e. The molecule has 0 aliphatic heterocycles. The lowest BCUT2D eigenvalue weighted by Crippen LogP contribution is -2.22. The highest BCUT2D eigenvalue weighted by Gasteiger charge is 2.16. The smallest absolute Gasteiger partial charge is 0.251 e. The van der Waals surface area contributed by atoms with Gasteiger partial charge >= 0.3 is 0 Å².